The van der Waals surface area contributed by atoms with Gasteiger partial charge < -0.3 is 0 Å². The van der Waals surface area contributed by atoms with Gasteiger partial charge in [-0.15, -0.1) is 23.5 Å². The summed E-state index contributed by atoms with van der Waals surface area (Å²) in [6, 6.07) is 19.5. The molecule has 0 heterocycles. The Morgan fingerprint density at radius 3 is 1.58 bits per heavy atom. The zero-order valence-electron chi connectivity index (χ0n) is 10.0. The van der Waals surface area contributed by atoms with Crippen molar-refractivity contribution in [1.82, 2.24) is 0 Å². The topological polar surface area (TPSA) is 47.6 Å². The van der Waals surface area contributed by atoms with Gasteiger partial charge in [-0.05, 0) is 24.3 Å². The van der Waals surface area contributed by atoms with E-state index in [1.165, 1.54) is 0 Å². The van der Waals surface area contributed by atoms with Crippen LogP contribution in [0.2, 0.25) is 0 Å². The number of nitrogens with zero attached hydrogens (tertiary/aromatic N) is 2. The number of rotatable bonds is 4. The highest BCUT2D eigenvalue weighted by Crippen LogP contribution is 2.30. The fourth-order valence-electron chi connectivity index (χ4n) is 1.53. The molecule has 0 unspecified atom stereocenters. The van der Waals surface area contributed by atoms with E-state index in [0.29, 0.717) is 11.1 Å². The summed E-state index contributed by atoms with van der Waals surface area (Å²) in [5.74, 6) is 0. The van der Waals surface area contributed by atoms with E-state index in [2.05, 4.69) is 12.1 Å². The third-order valence-corrected chi connectivity index (χ3v) is 4.72. The molecule has 0 aliphatic carbocycles. The summed E-state index contributed by atoms with van der Waals surface area (Å²) >= 11 is 3.23. The van der Waals surface area contributed by atoms with Crippen molar-refractivity contribution in [2.75, 3.05) is 5.08 Å². The zero-order chi connectivity index (χ0) is 13.5. The first-order valence-electron chi connectivity index (χ1n) is 5.59. The first-order chi connectivity index (χ1) is 9.35. The van der Waals surface area contributed by atoms with Crippen LogP contribution in [0.3, 0.4) is 0 Å². The van der Waals surface area contributed by atoms with E-state index < -0.39 is 0 Å². The second kappa shape index (κ2) is 6.89. The van der Waals surface area contributed by atoms with Gasteiger partial charge in [-0.25, -0.2) is 0 Å². The fourth-order valence-corrected chi connectivity index (χ4v) is 3.67. The van der Waals surface area contributed by atoms with Crippen LogP contribution in [-0.4, -0.2) is 5.08 Å². The SMILES string of the molecule is N#Cc1ccccc1SCSc1ccccc1C#N. The molecule has 0 saturated carbocycles. The smallest absolute Gasteiger partial charge is 0.100 e. The van der Waals surface area contributed by atoms with E-state index in [-0.39, 0.29) is 0 Å². The summed E-state index contributed by atoms with van der Waals surface area (Å²) in [5.41, 5.74) is 1.39. The quantitative estimate of drug-likeness (QED) is 0.620. The molecule has 0 fully saturated rings. The minimum Gasteiger partial charge on any atom is -0.192 e. The Balaban J connectivity index is 2.01. The van der Waals surface area contributed by atoms with Crippen molar-refractivity contribution in [3.05, 3.63) is 59.7 Å². The molecule has 0 aliphatic rings. The lowest BCUT2D eigenvalue weighted by Gasteiger charge is -2.04. The lowest BCUT2D eigenvalue weighted by Crippen LogP contribution is -1.83. The molecule has 0 saturated heterocycles. The Kier molecular flexibility index (Phi) is 4.92. The molecule has 0 spiro atoms. The van der Waals surface area contributed by atoms with Crippen molar-refractivity contribution in [1.29, 1.82) is 10.5 Å². The molecule has 2 rings (SSSR count). The summed E-state index contributed by atoms with van der Waals surface area (Å²) in [6.45, 7) is 0. The van der Waals surface area contributed by atoms with Crippen LogP contribution >= 0.6 is 23.5 Å². The molecule has 0 radical (unpaired) electrons. The van der Waals surface area contributed by atoms with Gasteiger partial charge in [-0.2, -0.15) is 10.5 Å². The highest BCUT2D eigenvalue weighted by Gasteiger charge is 2.04. The minimum absolute atomic E-state index is 0.696. The number of hydrogen-bond acceptors (Lipinski definition) is 4. The van der Waals surface area contributed by atoms with Gasteiger partial charge in [0.1, 0.15) is 12.1 Å². The normalized spacial score (nSPS) is 9.58. The summed E-state index contributed by atoms with van der Waals surface area (Å²) < 4.78 is 0. The molecular formula is C15H10N2S2. The second-order valence-corrected chi connectivity index (χ2v) is 6.02. The Labute approximate surface area is 121 Å². The largest absolute Gasteiger partial charge is 0.192 e. The highest BCUT2D eigenvalue weighted by atomic mass is 32.2. The third-order valence-electron chi connectivity index (χ3n) is 2.44. The summed E-state index contributed by atoms with van der Waals surface area (Å²) in [5, 5.41) is 18.8. The maximum Gasteiger partial charge on any atom is 0.100 e. The van der Waals surface area contributed by atoms with Crippen molar-refractivity contribution in [3.63, 3.8) is 0 Å². The molecule has 92 valence electrons. The van der Waals surface area contributed by atoms with Crippen LogP contribution in [0.25, 0.3) is 0 Å². The predicted octanol–water partition coefficient (Wildman–Crippen LogP) is 4.27. The lowest BCUT2D eigenvalue weighted by molar-refractivity contribution is 1.36. The minimum atomic E-state index is 0.696. The Morgan fingerprint density at radius 1 is 0.737 bits per heavy atom. The van der Waals surface area contributed by atoms with E-state index in [1.807, 2.05) is 48.5 Å². The van der Waals surface area contributed by atoms with Gasteiger partial charge in [0.05, 0.1) is 11.1 Å². The van der Waals surface area contributed by atoms with Crippen molar-refractivity contribution in [2.45, 2.75) is 9.79 Å². The molecule has 0 atom stereocenters. The first kappa shape index (κ1) is 13.5. The Hall–Kier alpha value is -1.88. The molecular weight excluding hydrogens is 272 g/mol. The van der Waals surface area contributed by atoms with E-state index in [1.54, 1.807) is 23.5 Å². The average molecular weight is 282 g/mol. The first-order valence-corrected chi connectivity index (χ1v) is 7.56. The second-order valence-electron chi connectivity index (χ2n) is 3.62. The molecule has 0 N–H and O–H groups in total. The predicted molar refractivity (Wildman–Crippen MR) is 78.9 cm³/mol. The Bertz CT molecular complexity index is 596. The molecule has 2 aromatic rings. The summed E-state index contributed by atoms with van der Waals surface area (Å²) in [7, 11) is 0. The Morgan fingerprint density at radius 2 is 1.16 bits per heavy atom. The van der Waals surface area contributed by atoms with Gasteiger partial charge >= 0.3 is 0 Å². The van der Waals surface area contributed by atoms with Gasteiger partial charge in [0.15, 0.2) is 0 Å². The average Bonchev–Trinajstić information content (AvgIpc) is 2.48. The van der Waals surface area contributed by atoms with E-state index in [0.717, 1.165) is 14.9 Å². The van der Waals surface area contributed by atoms with Crippen molar-refractivity contribution in [3.8, 4) is 12.1 Å². The highest BCUT2D eigenvalue weighted by molar-refractivity contribution is 8.16. The van der Waals surface area contributed by atoms with Crippen LogP contribution in [0.1, 0.15) is 11.1 Å². The molecule has 2 nitrogen and oxygen atoms in total. The van der Waals surface area contributed by atoms with Gasteiger partial charge in [-0.3, -0.25) is 0 Å². The van der Waals surface area contributed by atoms with Gasteiger partial charge in [-0.1, -0.05) is 24.3 Å². The summed E-state index contributed by atoms with van der Waals surface area (Å²) in [4.78, 5) is 1.96. The van der Waals surface area contributed by atoms with Gasteiger partial charge in [0.25, 0.3) is 0 Å². The molecule has 0 aliphatic heterocycles. The van der Waals surface area contributed by atoms with E-state index >= 15 is 0 Å². The van der Waals surface area contributed by atoms with Crippen LogP contribution in [0, 0.1) is 22.7 Å². The molecule has 2 aromatic carbocycles. The van der Waals surface area contributed by atoms with Gasteiger partial charge in [0, 0.05) is 14.9 Å². The van der Waals surface area contributed by atoms with Gasteiger partial charge in [0.2, 0.25) is 0 Å². The summed E-state index contributed by atoms with van der Waals surface area (Å²) in [6.07, 6.45) is 0. The number of nitriles is 2. The molecule has 0 bridgehead atoms. The molecule has 0 amide bonds. The fraction of sp³-hybridized carbons (Fsp3) is 0.0667. The van der Waals surface area contributed by atoms with Crippen LogP contribution in [0.5, 0.6) is 0 Å². The van der Waals surface area contributed by atoms with Crippen LogP contribution < -0.4 is 0 Å². The number of thioether (sulfide) groups is 2. The molecule has 19 heavy (non-hydrogen) atoms. The number of hydrogen-bond donors (Lipinski definition) is 0. The third kappa shape index (κ3) is 3.54. The van der Waals surface area contributed by atoms with Crippen molar-refractivity contribution < 1.29 is 0 Å². The van der Waals surface area contributed by atoms with E-state index in [9.17, 15) is 0 Å². The van der Waals surface area contributed by atoms with Crippen molar-refractivity contribution in [2.24, 2.45) is 0 Å². The standard InChI is InChI=1S/C15H10N2S2/c16-9-12-5-1-3-7-14(12)18-11-19-15-8-4-2-6-13(15)10-17/h1-8H,11H2. The molecule has 0 aromatic heterocycles. The van der Waals surface area contributed by atoms with Crippen LogP contribution in [0.15, 0.2) is 58.3 Å². The van der Waals surface area contributed by atoms with E-state index in [4.69, 9.17) is 10.5 Å². The van der Waals surface area contributed by atoms with Crippen LogP contribution in [0.4, 0.5) is 0 Å². The van der Waals surface area contributed by atoms with Crippen LogP contribution in [-0.2, 0) is 0 Å². The molecule has 4 heteroatoms. The van der Waals surface area contributed by atoms with Crippen molar-refractivity contribution >= 4 is 23.5 Å². The zero-order valence-corrected chi connectivity index (χ0v) is 11.7. The monoisotopic (exact) mass is 282 g/mol. The number of benzene rings is 2. The maximum atomic E-state index is 9.00. The maximum absolute atomic E-state index is 9.00. The lowest BCUT2D eigenvalue weighted by atomic mass is 10.2.